The standard InChI is InChI=1S/C23H22ClNO3/c1-5-6-11-27-16-9-7-15(8-10-16)17-12-18-19(22(26)28-23(2,3)4)14-25-21(18)13-20(17)24/h1,7-10,12-14,25H,6,11H2,2-4H3. The van der Waals surface area contributed by atoms with Crippen molar-refractivity contribution in [2.24, 2.45) is 0 Å². The third kappa shape index (κ3) is 4.49. The topological polar surface area (TPSA) is 51.3 Å². The summed E-state index contributed by atoms with van der Waals surface area (Å²) in [5.74, 6) is 2.91. The normalized spacial score (nSPS) is 11.2. The lowest BCUT2D eigenvalue weighted by atomic mass is 10.0. The number of aromatic amines is 1. The number of hydrogen-bond donors (Lipinski definition) is 1. The molecular formula is C23H22ClNO3. The van der Waals surface area contributed by atoms with Gasteiger partial charge in [-0.2, -0.15) is 0 Å². The Kier molecular flexibility index (Phi) is 5.67. The molecule has 0 aliphatic heterocycles. The number of nitrogens with one attached hydrogen (secondary N) is 1. The highest BCUT2D eigenvalue weighted by molar-refractivity contribution is 6.34. The van der Waals surface area contributed by atoms with Crippen molar-refractivity contribution in [3.8, 4) is 29.2 Å². The Morgan fingerprint density at radius 2 is 1.93 bits per heavy atom. The molecule has 3 rings (SSSR count). The average Bonchev–Trinajstić information content (AvgIpc) is 3.03. The molecule has 0 aliphatic carbocycles. The summed E-state index contributed by atoms with van der Waals surface area (Å²) in [6.45, 7) is 6.00. The summed E-state index contributed by atoms with van der Waals surface area (Å²) in [6, 6.07) is 11.3. The third-order valence-electron chi connectivity index (χ3n) is 4.07. The molecule has 1 N–H and O–H groups in total. The van der Waals surface area contributed by atoms with Crippen LogP contribution >= 0.6 is 11.6 Å². The van der Waals surface area contributed by atoms with Gasteiger partial charge in [0.1, 0.15) is 11.4 Å². The molecule has 1 heterocycles. The summed E-state index contributed by atoms with van der Waals surface area (Å²) in [5, 5.41) is 1.36. The number of carbonyl (C=O) groups is 1. The van der Waals surface area contributed by atoms with Gasteiger partial charge in [0.15, 0.2) is 0 Å². The zero-order valence-corrected chi connectivity index (χ0v) is 16.9. The molecule has 0 saturated heterocycles. The predicted octanol–water partition coefficient (Wildman–Crippen LogP) is 5.85. The molecule has 0 saturated carbocycles. The van der Waals surface area contributed by atoms with E-state index >= 15 is 0 Å². The second-order valence-electron chi connectivity index (χ2n) is 7.41. The summed E-state index contributed by atoms with van der Waals surface area (Å²) < 4.78 is 11.1. The van der Waals surface area contributed by atoms with Crippen LogP contribution in [-0.2, 0) is 4.74 Å². The van der Waals surface area contributed by atoms with Crippen LogP contribution in [-0.4, -0.2) is 23.2 Å². The molecule has 4 nitrogen and oxygen atoms in total. The number of benzene rings is 2. The summed E-state index contributed by atoms with van der Waals surface area (Å²) in [6.07, 6.45) is 7.45. The molecule has 2 aromatic carbocycles. The van der Waals surface area contributed by atoms with E-state index in [9.17, 15) is 4.79 Å². The van der Waals surface area contributed by atoms with Crippen LogP contribution in [0, 0.1) is 12.3 Å². The maximum atomic E-state index is 12.5. The Bertz CT molecular complexity index is 1040. The van der Waals surface area contributed by atoms with Gasteiger partial charge in [-0.3, -0.25) is 0 Å². The lowest BCUT2D eigenvalue weighted by molar-refractivity contribution is 0.00719. The first-order chi connectivity index (χ1) is 13.3. The monoisotopic (exact) mass is 395 g/mol. The van der Waals surface area contributed by atoms with Gasteiger partial charge in [-0.25, -0.2) is 4.79 Å². The van der Waals surface area contributed by atoms with Crippen molar-refractivity contribution >= 4 is 28.5 Å². The summed E-state index contributed by atoms with van der Waals surface area (Å²) in [5.41, 5.74) is 2.45. The molecule has 0 aliphatic rings. The second kappa shape index (κ2) is 8.00. The lowest BCUT2D eigenvalue weighted by Crippen LogP contribution is -2.23. The van der Waals surface area contributed by atoms with Crippen LogP contribution in [0.25, 0.3) is 22.0 Å². The minimum Gasteiger partial charge on any atom is -0.493 e. The Labute approximate surface area is 169 Å². The minimum absolute atomic E-state index is 0.371. The van der Waals surface area contributed by atoms with Crippen LogP contribution in [0.15, 0.2) is 42.6 Å². The van der Waals surface area contributed by atoms with E-state index in [0.717, 1.165) is 27.8 Å². The second-order valence-corrected chi connectivity index (χ2v) is 7.82. The Hall–Kier alpha value is -2.90. The van der Waals surface area contributed by atoms with Gasteiger partial charge in [0.05, 0.1) is 17.2 Å². The molecule has 0 radical (unpaired) electrons. The van der Waals surface area contributed by atoms with Crippen molar-refractivity contribution in [2.75, 3.05) is 6.61 Å². The molecule has 0 fully saturated rings. The van der Waals surface area contributed by atoms with E-state index in [1.807, 2.05) is 57.2 Å². The number of hydrogen-bond acceptors (Lipinski definition) is 3. The predicted molar refractivity (Wildman–Crippen MR) is 113 cm³/mol. The van der Waals surface area contributed by atoms with Crippen molar-refractivity contribution < 1.29 is 14.3 Å². The van der Waals surface area contributed by atoms with Crippen LogP contribution in [0.2, 0.25) is 5.02 Å². The quantitative estimate of drug-likeness (QED) is 0.335. The molecule has 0 amide bonds. The molecule has 0 spiro atoms. The van der Waals surface area contributed by atoms with E-state index in [0.29, 0.717) is 23.6 Å². The molecular weight excluding hydrogens is 374 g/mol. The van der Waals surface area contributed by atoms with Gasteiger partial charge in [0.2, 0.25) is 0 Å². The number of fused-ring (bicyclic) bond motifs is 1. The highest BCUT2D eigenvalue weighted by Crippen LogP contribution is 2.34. The highest BCUT2D eigenvalue weighted by Gasteiger charge is 2.21. The van der Waals surface area contributed by atoms with Crippen LogP contribution < -0.4 is 4.74 Å². The molecule has 0 atom stereocenters. The van der Waals surface area contributed by atoms with Crippen molar-refractivity contribution in [3.63, 3.8) is 0 Å². The van der Waals surface area contributed by atoms with Gasteiger partial charge in [-0.15, -0.1) is 12.3 Å². The van der Waals surface area contributed by atoms with Crippen molar-refractivity contribution in [1.29, 1.82) is 0 Å². The third-order valence-corrected chi connectivity index (χ3v) is 4.38. The first kappa shape index (κ1) is 19.9. The molecule has 1 aromatic heterocycles. The average molecular weight is 396 g/mol. The number of H-pyrrole nitrogens is 1. The smallest absolute Gasteiger partial charge is 0.340 e. The van der Waals surface area contributed by atoms with E-state index in [1.54, 1.807) is 6.20 Å². The fraction of sp³-hybridized carbons (Fsp3) is 0.261. The summed E-state index contributed by atoms with van der Waals surface area (Å²) in [7, 11) is 0. The van der Waals surface area contributed by atoms with Crippen molar-refractivity contribution in [2.45, 2.75) is 32.8 Å². The molecule has 0 bridgehead atoms. The van der Waals surface area contributed by atoms with E-state index < -0.39 is 5.60 Å². The number of esters is 1. The molecule has 3 aromatic rings. The number of aromatic nitrogens is 1. The number of rotatable bonds is 5. The van der Waals surface area contributed by atoms with Gasteiger partial charge >= 0.3 is 5.97 Å². The Balaban J connectivity index is 1.93. The SMILES string of the molecule is C#CCCOc1ccc(-c2cc3c(C(=O)OC(C)(C)C)c[nH]c3cc2Cl)cc1. The number of ether oxygens (including phenoxy) is 2. The molecule has 144 valence electrons. The number of carbonyl (C=O) groups excluding carboxylic acids is 1. The Morgan fingerprint density at radius 3 is 2.57 bits per heavy atom. The zero-order valence-electron chi connectivity index (χ0n) is 16.1. The molecule has 28 heavy (non-hydrogen) atoms. The first-order valence-corrected chi connectivity index (χ1v) is 9.37. The van der Waals surface area contributed by atoms with E-state index in [4.69, 9.17) is 27.5 Å². The van der Waals surface area contributed by atoms with Gasteiger partial charge in [-0.1, -0.05) is 23.7 Å². The number of terminal acetylenes is 1. The van der Waals surface area contributed by atoms with Gasteiger partial charge < -0.3 is 14.5 Å². The highest BCUT2D eigenvalue weighted by atomic mass is 35.5. The first-order valence-electron chi connectivity index (χ1n) is 8.99. The van der Waals surface area contributed by atoms with Crippen molar-refractivity contribution in [3.05, 3.63) is 53.2 Å². The maximum Gasteiger partial charge on any atom is 0.340 e. The minimum atomic E-state index is -0.564. The van der Waals surface area contributed by atoms with Crippen molar-refractivity contribution in [1.82, 2.24) is 4.98 Å². The Morgan fingerprint density at radius 1 is 1.21 bits per heavy atom. The van der Waals surface area contributed by atoms with E-state index in [1.165, 1.54) is 0 Å². The zero-order chi connectivity index (χ0) is 20.3. The summed E-state index contributed by atoms with van der Waals surface area (Å²) in [4.78, 5) is 15.6. The fourth-order valence-electron chi connectivity index (χ4n) is 2.82. The largest absolute Gasteiger partial charge is 0.493 e. The van der Waals surface area contributed by atoms with Gasteiger partial charge in [0, 0.05) is 29.1 Å². The summed E-state index contributed by atoms with van der Waals surface area (Å²) >= 11 is 6.49. The maximum absolute atomic E-state index is 12.5. The van der Waals surface area contributed by atoms with Crippen LogP contribution in [0.4, 0.5) is 0 Å². The van der Waals surface area contributed by atoms with Gasteiger partial charge in [-0.05, 0) is 50.6 Å². The van der Waals surface area contributed by atoms with Crippen LogP contribution in [0.1, 0.15) is 37.6 Å². The lowest BCUT2D eigenvalue weighted by Gasteiger charge is -2.19. The van der Waals surface area contributed by atoms with E-state index in [-0.39, 0.29) is 5.97 Å². The van der Waals surface area contributed by atoms with Crippen LogP contribution in [0.3, 0.4) is 0 Å². The van der Waals surface area contributed by atoms with Gasteiger partial charge in [0.25, 0.3) is 0 Å². The molecule has 5 heteroatoms. The molecule has 0 unspecified atom stereocenters. The fourth-order valence-corrected chi connectivity index (χ4v) is 3.10. The van der Waals surface area contributed by atoms with Crippen LogP contribution in [0.5, 0.6) is 5.75 Å². The number of halogens is 1. The van der Waals surface area contributed by atoms with E-state index in [2.05, 4.69) is 10.9 Å².